The Morgan fingerprint density at radius 2 is 1.61 bits per heavy atom. The van der Waals surface area contributed by atoms with Gasteiger partial charge in [-0.3, -0.25) is 4.98 Å². The van der Waals surface area contributed by atoms with Crippen LogP contribution in [0.15, 0.2) is 54.9 Å². The molecular formula is C18H16N8O2. The molecule has 4 rings (SSSR count). The number of aromatic nitrogens is 5. The van der Waals surface area contributed by atoms with Crippen molar-refractivity contribution in [3.63, 3.8) is 0 Å². The molecule has 3 heterocycles. The highest BCUT2D eigenvalue weighted by atomic mass is 16.4. The van der Waals surface area contributed by atoms with Crippen LogP contribution in [0, 0.1) is 0 Å². The van der Waals surface area contributed by atoms with Gasteiger partial charge in [0.25, 0.3) is 0 Å². The first-order valence-corrected chi connectivity index (χ1v) is 8.00. The minimum atomic E-state index is -0.942. The number of carboxylic acid groups (broad SMARTS) is 1. The van der Waals surface area contributed by atoms with Crippen LogP contribution in [0.25, 0.3) is 22.4 Å². The number of benzene rings is 1. The van der Waals surface area contributed by atoms with Gasteiger partial charge in [0.1, 0.15) is 5.69 Å². The SMILES string of the molecule is Nc1nc(N)c2nc(-c3ccccc3)c(N)nc2n1.O=C(O)c1cccnc1. The van der Waals surface area contributed by atoms with Gasteiger partial charge in [-0.2, -0.15) is 9.97 Å². The fourth-order valence-corrected chi connectivity index (χ4v) is 2.30. The summed E-state index contributed by atoms with van der Waals surface area (Å²) in [6, 6.07) is 12.6. The number of nitrogens with zero attached hydrogens (tertiary/aromatic N) is 5. The number of pyridine rings is 1. The fourth-order valence-electron chi connectivity index (χ4n) is 2.30. The third-order valence-electron chi connectivity index (χ3n) is 3.56. The summed E-state index contributed by atoms with van der Waals surface area (Å²) >= 11 is 0. The maximum Gasteiger partial charge on any atom is 0.337 e. The van der Waals surface area contributed by atoms with Crippen molar-refractivity contribution in [2.24, 2.45) is 0 Å². The number of carboxylic acids is 1. The summed E-state index contributed by atoms with van der Waals surface area (Å²) in [6.45, 7) is 0. The summed E-state index contributed by atoms with van der Waals surface area (Å²) in [7, 11) is 0. The summed E-state index contributed by atoms with van der Waals surface area (Å²) in [6.07, 6.45) is 2.84. The molecule has 0 fully saturated rings. The minimum absolute atomic E-state index is 0.0474. The maximum absolute atomic E-state index is 10.2. The Balaban J connectivity index is 0.000000211. The van der Waals surface area contributed by atoms with Crippen molar-refractivity contribution in [3.8, 4) is 11.3 Å². The molecule has 140 valence electrons. The summed E-state index contributed by atoms with van der Waals surface area (Å²) < 4.78 is 0. The zero-order valence-corrected chi connectivity index (χ0v) is 14.5. The van der Waals surface area contributed by atoms with E-state index in [4.69, 9.17) is 22.3 Å². The van der Waals surface area contributed by atoms with E-state index in [0.717, 1.165) is 5.56 Å². The van der Waals surface area contributed by atoms with Gasteiger partial charge in [0.15, 0.2) is 22.8 Å². The highest BCUT2D eigenvalue weighted by molar-refractivity contribution is 5.87. The molecule has 0 saturated carbocycles. The number of anilines is 3. The van der Waals surface area contributed by atoms with E-state index in [9.17, 15) is 4.79 Å². The number of hydrogen-bond acceptors (Lipinski definition) is 9. The number of hydrogen-bond donors (Lipinski definition) is 4. The van der Waals surface area contributed by atoms with Gasteiger partial charge in [-0.15, -0.1) is 0 Å². The van der Waals surface area contributed by atoms with E-state index < -0.39 is 5.97 Å². The smallest absolute Gasteiger partial charge is 0.337 e. The lowest BCUT2D eigenvalue weighted by Gasteiger charge is -2.07. The van der Waals surface area contributed by atoms with Gasteiger partial charge in [0.05, 0.1) is 5.56 Å². The van der Waals surface area contributed by atoms with Crippen molar-refractivity contribution in [2.45, 2.75) is 0 Å². The lowest BCUT2D eigenvalue weighted by Crippen LogP contribution is -2.06. The van der Waals surface area contributed by atoms with E-state index in [-0.39, 0.29) is 23.1 Å². The third kappa shape index (κ3) is 4.07. The molecule has 10 heteroatoms. The van der Waals surface area contributed by atoms with Crippen molar-refractivity contribution < 1.29 is 9.90 Å². The Labute approximate surface area is 159 Å². The van der Waals surface area contributed by atoms with E-state index in [2.05, 4.69) is 24.9 Å². The van der Waals surface area contributed by atoms with Crippen LogP contribution >= 0.6 is 0 Å². The quantitative estimate of drug-likeness (QED) is 0.401. The van der Waals surface area contributed by atoms with E-state index in [0.29, 0.717) is 16.9 Å². The van der Waals surface area contributed by atoms with Crippen molar-refractivity contribution in [3.05, 3.63) is 60.4 Å². The van der Waals surface area contributed by atoms with Crippen LogP contribution in [-0.4, -0.2) is 36.0 Å². The minimum Gasteiger partial charge on any atom is -0.478 e. The molecule has 0 amide bonds. The molecule has 0 bridgehead atoms. The first-order valence-electron chi connectivity index (χ1n) is 8.00. The highest BCUT2D eigenvalue weighted by Crippen LogP contribution is 2.25. The lowest BCUT2D eigenvalue weighted by atomic mass is 10.1. The van der Waals surface area contributed by atoms with Crippen LogP contribution in [0.3, 0.4) is 0 Å². The first kappa shape index (κ1) is 18.5. The van der Waals surface area contributed by atoms with Crippen molar-refractivity contribution in [1.29, 1.82) is 0 Å². The average Bonchev–Trinajstić information content (AvgIpc) is 2.69. The van der Waals surface area contributed by atoms with Crippen LogP contribution in [0.2, 0.25) is 0 Å². The largest absolute Gasteiger partial charge is 0.478 e. The highest BCUT2D eigenvalue weighted by Gasteiger charge is 2.12. The van der Waals surface area contributed by atoms with Gasteiger partial charge < -0.3 is 22.3 Å². The molecule has 1 aromatic carbocycles. The average molecular weight is 376 g/mol. The number of nitrogen functional groups attached to an aromatic ring is 3. The van der Waals surface area contributed by atoms with E-state index in [1.807, 2.05) is 30.3 Å². The molecule has 0 aliphatic heterocycles. The topological polar surface area (TPSA) is 180 Å². The molecule has 0 spiro atoms. The van der Waals surface area contributed by atoms with Gasteiger partial charge in [0, 0.05) is 18.0 Å². The third-order valence-corrected chi connectivity index (χ3v) is 3.56. The lowest BCUT2D eigenvalue weighted by molar-refractivity contribution is 0.0696. The molecule has 0 saturated heterocycles. The van der Waals surface area contributed by atoms with Gasteiger partial charge in [-0.05, 0) is 12.1 Å². The Bertz CT molecular complexity index is 1120. The van der Waals surface area contributed by atoms with Crippen molar-refractivity contribution in [1.82, 2.24) is 24.9 Å². The molecular weight excluding hydrogens is 360 g/mol. The van der Waals surface area contributed by atoms with Gasteiger partial charge in [-0.1, -0.05) is 30.3 Å². The summed E-state index contributed by atoms with van der Waals surface area (Å²) in [4.78, 5) is 30.2. The number of carbonyl (C=O) groups is 1. The maximum atomic E-state index is 10.2. The van der Waals surface area contributed by atoms with Crippen LogP contribution in [-0.2, 0) is 0 Å². The molecule has 0 aliphatic carbocycles. The molecule has 10 nitrogen and oxygen atoms in total. The Hall–Kier alpha value is -4.34. The summed E-state index contributed by atoms with van der Waals surface area (Å²) in [5, 5.41) is 8.34. The van der Waals surface area contributed by atoms with Crippen molar-refractivity contribution >= 4 is 34.7 Å². The standard InChI is InChI=1S/C12H11N7.C6H5NO2/c13-9-7(6-4-2-1-3-5-6)16-8-10(14)18-12(15)19-11(8)17-9;8-6(9)5-2-1-3-7-4-5/h1-5H,(H6,13,14,15,17,18,19);1-4H,(H,8,9). The second-order valence-electron chi connectivity index (χ2n) is 5.51. The molecule has 4 aromatic rings. The predicted octanol–water partition coefficient (Wildman–Crippen LogP) is 1.61. The zero-order valence-electron chi connectivity index (χ0n) is 14.5. The van der Waals surface area contributed by atoms with Crippen LogP contribution in [0.4, 0.5) is 17.6 Å². The number of fused-ring (bicyclic) bond motifs is 1. The number of nitrogens with two attached hydrogens (primary N) is 3. The van der Waals surface area contributed by atoms with Gasteiger partial charge >= 0.3 is 5.97 Å². The van der Waals surface area contributed by atoms with E-state index >= 15 is 0 Å². The van der Waals surface area contributed by atoms with E-state index in [1.165, 1.54) is 18.5 Å². The second kappa shape index (κ2) is 7.91. The molecule has 0 aliphatic rings. The monoisotopic (exact) mass is 376 g/mol. The Kier molecular flexibility index (Phi) is 5.21. The predicted molar refractivity (Wildman–Crippen MR) is 105 cm³/mol. The number of aromatic carboxylic acids is 1. The molecule has 28 heavy (non-hydrogen) atoms. The first-order chi connectivity index (χ1) is 13.5. The molecule has 3 aromatic heterocycles. The fraction of sp³-hybridized carbons (Fsp3) is 0. The molecule has 0 radical (unpaired) electrons. The van der Waals surface area contributed by atoms with E-state index in [1.54, 1.807) is 6.07 Å². The Morgan fingerprint density at radius 1 is 0.857 bits per heavy atom. The molecule has 7 N–H and O–H groups in total. The Morgan fingerprint density at radius 3 is 2.21 bits per heavy atom. The van der Waals surface area contributed by atoms with Crippen molar-refractivity contribution in [2.75, 3.05) is 17.2 Å². The van der Waals surface area contributed by atoms with Crippen LogP contribution in [0.5, 0.6) is 0 Å². The van der Waals surface area contributed by atoms with Crippen LogP contribution < -0.4 is 17.2 Å². The molecule has 0 unspecified atom stereocenters. The summed E-state index contributed by atoms with van der Waals surface area (Å²) in [5.41, 5.74) is 19.5. The van der Waals surface area contributed by atoms with Gasteiger partial charge in [-0.25, -0.2) is 14.8 Å². The normalized spacial score (nSPS) is 10.1. The summed E-state index contributed by atoms with van der Waals surface area (Å²) in [5.74, 6) is -0.433. The zero-order chi connectivity index (χ0) is 20.1. The van der Waals surface area contributed by atoms with Crippen LogP contribution in [0.1, 0.15) is 10.4 Å². The second-order valence-corrected chi connectivity index (χ2v) is 5.51. The molecule has 0 atom stereocenters. The number of rotatable bonds is 2. The van der Waals surface area contributed by atoms with Gasteiger partial charge in [0.2, 0.25) is 5.95 Å².